The highest BCUT2D eigenvalue weighted by Gasteiger charge is 2.11. The molecule has 0 radical (unpaired) electrons. The summed E-state index contributed by atoms with van der Waals surface area (Å²) in [6, 6.07) is 23.3. The topological polar surface area (TPSA) is 67.4 Å². The Morgan fingerprint density at radius 2 is 1.41 bits per heavy atom. The number of hydrogen-bond donors (Lipinski definition) is 2. The quantitative estimate of drug-likeness (QED) is 0.590. The average Bonchev–Trinajstić information content (AvgIpc) is 2.74. The van der Waals surface area contributed by atoms with E-state index >= 15 is 0 Å². The molecule has 0 atom stereocenters. The maximum absolute atomic E-state index is 12.6. The SMILES string of the molecule is CC(C)CNC(=O)c1cccc(C(=O)Nc2ccc(Oc3ccccc3)cc2)c1. The van der Waals surface area contributed by atoms with E-state index in [9.17, 15) is 9.59 Å². The van der Waals surface area contributed by atoms with Crippen molar-refractivity contribution >= 4 is 17.5 Å². The van der Waals surface area contributed by atoms with E-state index < -0.39 is 0 Å². The molecule has 2 N–H and O–H groups in total. The second-order valence-electron chi connectivity index (χ2n) is 7.08. The van der Waals surface area contributed by atoms with Crippen LogP contribution in [0.1, 0.15) is 34.6 Å². The first-order valence-electron chi connectivity index (χ1n) is 9.54. The number of carbonyl (C=O) groups is 2. The van der Waals surface area contributed by atoms with Crippen molar-refractivity contribution in [3.8, 4) is 11.5 Å². The van der Waals surface area contributed by atoms with Crippen molar-refractivity contribution in [2.75, 3.05) is 11.9 Å². The van der Waals surface area contributed by atoms with Gasteiger partial charge in [0, 0.05) is 23.4 Å². The lowest BCUT2D eigenvalue weighted by Gasteiger charge is -2.10. The maximum Gasteiger partial charge on any atom is 0.255 e. The third kappa shape index (κ3) is 5.94. The molecule has 0 spiro atoms. The van der Waals surface area contributed by atoms with Gasteiger partial charge in [-0.25, -0.2) is 0 Å². The molecule has 0 fully saturated rings. The molecule has 5 nitrogen and oxygen atoms in total. The number of rotatable bonds is 7. The fourth-order valence-electron chi connectivity index (χ4n) is 2.63. The summed E-state index contributed by atoms with van der Waals surface area (Å²) < 4.78 is 5.75. The molecule has 0 heterocycles. The summed E-state index contributed by atoms with van der Waals surface area (Å²) >= 11 is 0. The number of carbonyl (C=O) groups excluding carboxylic acids is 2. The molecule has 0 aliphatic carbocycles. The molecule has 3 aromatic carbocycles. The molecule has 0 aromatic heterocycles. The summed E-state index contributed by atoms with van der Waals surface area (Å²) in [4.78, 5) is 24.8. The maximum atomic E-state index is 12.6. The summed E-state index contributed by atoms with van der Waals surface area (Å²) in [5.74, 6) is 1.32. The zero-order chi connectivity index (χ0) is 20.6. The van der Waals surface area contributed by atoms with Gasteiger partial charge >= 0.3 is 0 Å². The van der Waals surface area contributed by atoms with Crippen LogP contribution in [-0.2, 0) is 0 Å². The Morgan fingerprint density at radius 3 is 2.07 bits per heavy atom. The van der Waals surface area contributed by atoms with Gasteiger partial charge < -0.3 is 15.4 Å². The zero-order valence-corrected chi connectivity index (χ0v) is 16.5. The number of nitrogens with one attached hydrogen (secondary N) is 2. The van der Waals surface area contributed by atoms with E-state index in [1.54, 1.807) is 48.5 Å². The van der Waals surface area contributed by atoms with Crippen LogP contribution in [0.3, 0.4) is 0 Å². The lowest BCUT2D eigenvalue weighted by Crippen LogP contribution is -2.27. The van der Waals surface area contributed by atoms with Crippen molar-refractivity contribution in [2.45, 2.75) is 13.8 Å². The average molecular weight is 388 g/mol. The molecule has 0 bridgehead atoms. The van der Waals surface area contributed by atoms with Crippen molar-refractivity contribution in [3.05, 3.63) is 90.0 Å². The normalized spacial score (nSPS) is 10.4. The molecule has 5 heteroatoms. The van der Waals surface area contributed by atoms with Gasteiger partial charge in [-0.05, 0) is 60.5 Å². The van der Waals surface area contributed by atoms with Crippen LogP contribution in [0.2, 0.25) is 0 Å². The van der Waals surface area contributed by atoms with Crippen molar-refractivity contribution in [3.63, 3.8) is 0 Å². The number of amides is 2. The second kappa shape index (κ2) is 9.55. The number of anilines is 1. The third-order valence-electron chi connectivity index (χ3n) is 4.15. The van der Waals surface area contributed by atoms with Crippen molar-refractivity contribution in [1.82, 2.24) is 5.32 Å². The van der Waals surface area contributed by atoms with E-state index in [1.807, 2.05) is 44.2 Å². The number of para-hydroxylation sites is 1. The lowest BCUT2D eigenvalue weighted by molar-refractivity contribution is 0.0949. The third-order valence-corrected chi connectivity index (χ3v) is 4.15. The smallest absolute Gasteiger partial charge is 0.255 e. The van der Waals surface area contributed by atoms with E-state index in [2.05, 4.69) is 10.6 Å². The molecule has 0 unspecified atom stereocenters. The number of hydrogen-bond acceptors (Lipinski definition) is 3. The summed E-state index contributed by atoms with van der Waals surface area (Å²) in [6.45, 7) is 4.65. The van der Waals surface area contributed by atoms with Gasteiger partial charge in [0.05, 0.1) is 0 Å². The minimum Gasteiger partial charge on any atom is -0.457 e. The zero-order valence-electron chi connectivity index (χ0n) is 16.5. The Kier molecular flexibility index (Phi) is 6.63. The molecule has 3 aromatic rings. The van der Waals surface area contributed by atoms with E-state index in [0.717, 1.165) is 5.75 Å². The highest BCUT2D eigenvalue weighted by molar-refractivity contribution is 6.06. The van der Waals surface area contributed by atoms with Gasteiger partial charge in [0.15, 0.2) is 0 Å². The van der Waals surface area contributed by atoms with Gasteiger partial charge in [0.25, 0.3) is 11.8 Å². The molecule has 29 heavy (non-hydrogen) atoms. The Bertz CT molecular complexity index is 967. The number of benzene rings is 3. The fraction of sp³-hybridized carbons (Fsp3) is 0.167. The van der Waals surface area contributed by atoms with Gasteiger partial charge in [0.1, 0.15) is 11.5 Å². The van der Waals surface area contributed by atoms with Crippen LogP contribution in [0.15, 0.2) is 78.9 Å². The largest absolute Gasteiger partial charge is 0.457 e. The standard InChI is InChI=1S/C24H24N2O3/c1-17(2)16-25-23(27)18-7-6-8-19(15-18)24(28)26-20-11-13-22(14-12-20)29-21-9-4-3-5-10-21/h3-15,17H,16H2,1-2H3,(H,25,27)(H,26,28). The predicted molar refractivity (Wildman–Crippen MR) is 115 cm³/mol. The monoisotopic (exact) mass is 388 g/mol. The Balaban J connectivity index is 1.62. The van der Waals surface area contributed by atoms with Gasteiger partial charge in [-0.2, -0.15) is 0 Å². The van der Waals surface area contributed by atoms with Crippen LogP contribution in [0.25, 0.3) is 0 Å². The predicted octanol–water partition coefficient (Wildman–Crippen LogP) is 5.12. The molecule has 148 valence electrons. The minimum atomic E-state index is -0.278. The van der Waals surface area contributed by atoms with E-state index in [4.69, 9.17) is 4.74 Å². The van der Waals surface area contributed by atoms with E-state index in [1.165, 1.54) is 0 Å². The highest BCUT2D eigenvalue weighted by Crippen LogP contribution is 2.23. The molecule has 3 rings (SSSR count). The summed E-state index contributed by atoms with van der Waals surface area (Å²) in [5.41, 5.74) is 1.53. The van der Waals surface area contributed by atoms with Crippen molar-refractivity contribution in [2.24, 2.45) is 5.92 Å². The molecule has 2 amide bonds. The van der Waals surface area contributed by atoms with Crippen molar-refractivity contribution < 1.29 is 14.3 Å². The minimum absolute atomic E-state index is 0.184. The summed E-state index contributed by atoms with van der Waals surface area (Å²) in [6.07, 6.45) is 0. The summed E-state index contributed by atoms with van der Waals surface area (Å²) in [5, 5.41) is 5.70. The fourth-order valence-corrected chi connectivity index (χ4v) is 2.63. The first-order chi connectivity index (χ1) is 14.0. The summed E-state index contributed by atoms with van der Waals surface area (Å²) in [7, 11) is 0. The lowest BCUT2D eigenvalue weighted by atomic mass is 10.1. The molecule has 0 saturated heterocycles. The van der Waals surface area contributed by atoms with Crippen LogP contribution in [-0.4, -0.2) is 18.4 Å². The van der Waals surface area contributed by atoms with Crippen molar-refractivity contribution in [1.29, 1.82) is 0 Å². The first-order valence-corrected chi connectivity index (χ1v) is 9.54. The highest BCUT2D eigenvalue weighted by atomic mass is 16.5. The Hall–Kier alpha value is -3.60. The van der Waals surface area contributed by atoms with Gasteiger partial charge in [-0.15, -0.1) is 0 Å². The Morgan fingerprint density at radius 1 is 0.793 bits per heavy atom. The molecular weight excluding hydrogens is 364 g/mol. The first kappa shape index (κ1) is 20.1. The molecule has 0 aliphatic heterocycles. The van der Waals surface area contributed by atoms with Gasteiger partial charge in [-0.1, -0.05) is 38.1 Å². The number of ether oxygens (including phenoxy) is 1. The second-order valence-corrected chi connectivity index (χ2v) is 7.08. The molecular formula is C24H24N2O3. The van der Waals surface area contributed by atoms with Crippen LogP contribution < -0.4 is 15.4 Å². The van der Waals surface area contributed by atoms with Crippen LogP contribution in [0, 0.1) is 5.92 Å². The van der Waals surface area contributed by atoms with Crippen LogP contribution >= 0.6 is 0 Å². The molecule has 0 aliphatic rings. The van der Waals surface area contributed by atoms with E-state index in [0.29, 0.717) is 35.0 Å². The van der Waals surface area contributed by atoms with E-state index in [-0.39, 0.29) is 11.8 Å². The van der Waals surface area contributed by atoms with Crippen LogP contribution in [0.5, 0.6) is 11.5 Å². The van der Waals surface area contributed by atoms with Crippen LogP contribution in [0.4, 0.5) is 5.69 Å². The van der Waals surface area contributed by atoms with Gasteiger partial charge in [-0.3, -0.25) is 9.59 Å². The Labute approximate surface area is 170 Å². The van der Waals surface area contributed by atoms with Gasteiger partial charge in [0.2, 0.25) is 0 Å². The molecule has 0 saturated carbocycles.